The summed E-state index contributed by atoms with van der Waals surface area (Å²) in [7, 11) is 1.55. The molecule has 0 unspecified atom stereocenters. The van der Waals surface area contributed by atoms with Crippen LogP contribution in [0.15, 0.2) is 41.3 Å². The molecule has 10 nitrogen and oxygen atoms in total. The van der Waals surface area contributed by atoms with Gasteiger partial charge >= 0.3 is 0 Å². The van der Waals surface area contributed by atoms with Gasteiger partial charge in [0.1, 0.15) is 11.4 Å². The molecule has 10 heteroatoms. The van der Waals surface area contributed by atoms with Gasteiger partial charge < -0.3 is 10.1 Å². The molecule has 0 saturated carbocycles. The number of pyridine rings is 1. The first-order valence-corrected chi connectivity index (χ1v) is 9.36. The number of ether oxygens (including phenoxy) is 1. The summed E-state index contributed by atoms with van der Waals surface area (Å²) in [5.41, 5.74) is 1.58. The molecule has 1 amide bonds. The number of nitrogens with one attached hydrogen (secondary N) is 1. The molecule has 0 bridgehead atoms. The largest absolute Gasteiger partial charge is 0.496 e. The summed E-state index contributed by atoms with van der Waals surface area (Å²) in [6, 6.07) is 7.18. The van der Waals surface area contributed by atoms with Gasteiger partial charge in [-0.25, -0.2) is 4.68 Å². The average Bonchev–Trinajstić information content (AvgIpc) is 2.73. The molecule has 160 valence electrons. The summed E-state index contributed by atoms with van der Waals surface area (Å²) in [4.78, 5) is 40.2. The Kier molecular flexibility index (Phi) is 6.10. The van der Waals surface area contributed by atoms with E-state index in [9.17, 15) is 19.7 Å². The first-order chi connectivity index (χ1) is 14.7. The standard InChI is InChI=1S/C21H21N5O5/c1-12-10-22-15(14(3)20(12)31-4)11-23-21(28)19-18(27)9-13(2)25(24-19)16-7-5-6-8-17(16)26(29)30/h5-10H,11H2,1-4H3,(H,23,28). The Labute approximate surface area is 177 Å². The minimum Gasteiger partial charge on any atom is -0.496 e. The molecule has 2 heterocycles. The lowest BCUT2D eigenvalue weighted by Crippen LogP contribution is -2.32. The number of carbonyl (C=O) groups is 1. The van der Waals surface area contributed by atoms with Crippen molar-refractivity contribution >= 4 is 11.6 Å². The highest BCUT2D eigenvalue weighted by atomic mass is 16.6. The number of nitrogens with zero attached hydrogens (tertiary/aromatic N) is 4. The summed E-state index contributed by atoms with van der Waals surface area (Å²) in [6.45, 7) is 5.33. The normalized spacial score (nSPS) is 10.6. The zero-order chi connectivity index (χ0) is 22.7. The summed E-state index contributed by atoms with van der Waals surface area (Å²) in [6.07, 6.45) is 1.64. The third-order valence-electron chi connectivity index (χ3n) is 4.80. The fourth-order valence-electron chi connectivity index (χ4n) is 3.24. The van der Waals surface area contributed by atoms with Gasteiger partial charge in [-0.3, -0.25) is 24.7 Å². The van der Waals surface area contributed by atoms with Crippen molar-refractivity contribution in [3.05, 3.63) is 85.1 Å². The van der Waals surface area contributed by atoms with Crippen LogP contribution in [0.2, 0.25) is 0 Å². The Hall–Kier alpha value is -4.08. The van der Waals surface area contributed by atoms with Crippen LogP contribution in [0.25, 0.3) is 5.69 Å². The summed E-state index contributed by atoms with van der Waals surface area (Å²) in [5, 5.41) is 18.1. The second-order valence-corrected chi connectivity index (χ2v) is 6.89. The number of aromatic nitrogens is 3. The van der Waals surface area contributed by atoms with Gasteiger partial charge in [0.05, 0.1) is 24.3 Å². The molecular formula is C21H21N5O5. The van der Waals surface area contributed by atoms with Crippen LogP contribution in [0.1, 0.15) is 33.0 Å². The van der Waals surface area contributed by atoms with Crippen molar-refractivity contribution in [3.8, 4) is 11.4 Å². The lowest BCUT2D eigenvalue weighted by molar-refractivity contribution is -0.384. The molecule has 0 aliphatic carbocycles. The van der Waals surface area contributed by atoms with Gasteiger partial charge in [-0.05, 0) is 26.8 Å². The number of rotatable bonds is 6. The van der Waals surface area contributed by atoms with Crippen LogP contribution in [0.3, 0.4) is 0 Å². The zero-order valence-electron chi connectivity index (χ0n) is 17.5. The van der Waals surface area contributed by atoms with Crippen LogP contribution in [0, 0.1) is 30.9 Å². The number of methoxy groups -OCH3 is 1. The molecule has 0 aliphatic rings. The molecule has 0 spiro atoms. The van der Waals surface area contributed by atoms with Crippen molar-refractivity contribution < 1.29 is 14.5 Å². The fourth-order valence-corrected chi connectivity index (χ4v) is 3.24. The van der Waals surface area contributed by atoms with Gasteiger partial charge in [-0.2, -0.15) is 5.10 Å². The highest BCUT2D eigenvalue weighted by molar-refractivity contribution is 5.92. The molecule has 31 heavy (non-hydrogen) atoms. The van der Waals surface area contributed by atoms with E-state index < -0.39 is 16.3 Å². The summed E-state index contributed by atoms with van der Waals surface area (Å²) in [5.74, 6) is -0.0375. The topological polar surface area (TPSA) is 129 Å². The highest BCUT2D eigenvalue weighted by Gasteiger charge is 2.20. The van der Waals surface area contributed by atoms with Crippen molar-refractivity contribution in [2.45, 2.75) is 27.3 Å². The molecule has 3 aromatic rings. The van der Waals surface area contributed by atoms with E-state index in [1.807, 2.05) is 13.8 Å². The minimum absolute atomic E-state index is 0.0573. The highest BCUT2D eigenvalue weighted by Crippen LogP contribution is 2.24. The lowest BCUT2D eigenvalue weighted by atomic mass is 10.1. The molecule has 0 radical (unpaired) electrons. The monoisotopic (exact) mass is 423 g/mol. The number of nitro groups is 1. The fraction of sp³-hybridized carbons (Fsp3) is 0.238. The van der Waals surface area contributed by atoms with Crippen LogP contribution in [-0.2, 0) is 6.54 Å². The van der Waals surface area contributed by atoms with Crippen LogP contribution in [0.5, 0.6) is 5.75 Å². The first-order valence-electron chi connectivity index (χ1n) is 9.36. The van der Waals surface area contributed by atoms with Crippen molar-refractivity contribution in [2.24, 2.45) is 0 Å². The number of para-hydroxylation sites is 2. The number of benzene rings is 1. The first kappa shape index (κ1) is 21.6. The van der Waals surface area contributed by atoms with Gasteiger partial charge in [0, 0.05) is 35.2 Å². The second-order valence-electron chi connectivity index (χ2n) is 6.89. The molecule has 0 aliphatic heterocycles. The Morgan fingerprint density at radius 3 is 2.65 bits per heavy atom. The van der Waals surface area contributed by atoms with Crippen LogP contribution >= 0.6 is 0 Å². The number of hydrogen-bond donors (Lipinski definition) is 1. The van der Waals surface area contributed by atoms with Crippen LogP contribution in [0.4, 0.5) is 5.69 Å². The molecule has 3 rings (SSSR count). The average molecular weight is 423 g/mol. The molecule has 1 N–H and O–H groups in total. The van der Waals surface area contributed by atoms with Gasteiger partial charge in [-0.1, -0.05) is 12.1 Å². The minimum atomic E-state index is -0.710. The second kappa shape index (κ2) is 8.74. The van der Waals surface area contributed by atoms with Crippen molar-refractivity contribution in [1.29, 1.82) is 0 Å². The Balaban J connectivity index is 1.94. The van der Waals surface area contributed by atoms with E-state index in [4.69, 9.17) is 4.74 Å². The van der Waals surface area contributed by atoms with E-state index in [1.165, 1.54) is 28.9 Å². The molecule has 2 aromatic heterocycles. The zero-order valence-corrected chi connectivity index (χ0v) is 17.5. The third-order valence-corrected chi connectivity index (χ3v) is 4.80. The maximum Gasteiger partial charge on any atom is 0.294 e. The van der Waals surface area contributed by atoms with Gasteiger partial charge in [0.25, 0.3) is 11.6 Å². The maximum absolute atomic E-state index is 12.7. The van der Waals surface area contributed by atoms with Crippen LogP contribution < -0.4 is 15.5 Å². The number of hydrogen-bond acceptors (Lipinski definition) is 7. The number of carbonyl (C=O) groups excluding carboxylic acids is 1. The third kappa shape index (κ3) is 4.27. The van der Waals surface area contributed by atoms with Crippen molar-refractivity contribution in [2.75, 3.05) is 7.11 Å². The quantitative estimate of drug-likeness (QED) is 0.476. The van der Waals surface area contributed by atoms with E-state index in [1.54, 1.807) is 26.3 Å². The lowest BCUT2D eigenvalue weighted by Gasteiger charge is -2.13. The van der Waals surface area contributed by atoms with Gasteiger partial charge in [0.2, 0.25) is 5.43 Å². The number of aryl methyl sites for hydroxylation is 2. The SMILES string of the molecule is COc1c(C)cnc(CNC(=O)c2nn(-c3ccccc3[N+](=O)[O-])c(C)cc2=O)c1C. The molecule has 0 fully saturated rings. The van der Waals surface area contributed by atoms with E-state index >= 15 is 0 Å². The van der Waals surface area contributed by atoms with E-state index in [2.05, 4.69) is 15.4 Å². The smallest absolute Gasteiger partial charge is 0.294 e. The molecule has 1 aromatic carbocycles. The van der Waals surface area contributed by atoms with Gasteiger partial charge in [0.15, 0.2) is 5.69 Å². The Morgan fingerprint density at radius 1 is 1.26 bits per heavy atom. The predicted octanol–water partition coefficient (Wildman–Crippen LogP) is 2.40. The molecular weight excluding hydrogens is 402 g/mol. The van der Waals surface area contributed by atoms with E-state index in [0.717, 1.165) is 11.1 Å². The maximum atomic E-state index is 12.7. The molecule has 0 atom stereocenters. The van der Waals surface area contributed by atoms with E-state index in [0.29, 0.717) is 17.1 Å². The van der Waals surface area contributed by atoms with E-state index in [-0.39, 0.29) is 23.6 Å². The van der Waals surface area contributed by atoms with Gasteiger partial charge in [-0.15, -0.1) is 0 Å². The molecule has 0 saturated heterocycles. The number of nitro benzene ring substituents is 1. The summed E-state index contributed by atoms with van der Waals surface area (Å²) < 4.78 is 6.58. The van der Waals surface area contributed by atoms with Crippen LogP contribution in [-0.4, -0.2) is 32.7 Å². The number of amides is 1. The van der Waals surface area contributed by atoms with Crippen molar-refractivity contribution in [3.63, 3.8) is 0 Å². The summed E-state index contributed by atoms with van der Waals surface area (Å²) >= 11 is 0. The van der Waals surface area contributed by atoms with Crippen molar-refractivity contribution in [1.82, 2.24) is 20.1 Å². The Bertz CT molecular complexity index is 1240. The predicted molar refractivity (Wildman–Crippen MR) is 113 cm³/mol. The Morgan fingerprint density at radius 2 is 1.97 bits per heavy atom.